The molecule has 1 heterocycles. The van der Waals surface area contributed by atoms with Crippen molar-refractivity contribution in [1.82, 2.24) is 4.31 Å². The number of carbonyl (C=O) groups excluding carboxylic acids is 1. The molecule has 3 aromatic rings. The summed E-state index contributed by atoms with van der Waals surface area (Å²) in [6.07, 6.45) is 0. The minimum absolute atomic E-state index is 0.111. The zero-order valence-corrected chi connectivity index (χ0v) is 19.9. The molecule has 1 saturated heterocycles. The van der Waals surface area contributed by atoms with Crippen LogP contribution in [0.1, 0.15) is 10.4 Å². The second-order valence-electron chi connectivity index (χ2n) is 7.67. The molecule has 1 aliphatic heterocycles. The number of piperazine rings is 1. The van der Waals surface area contributed by atoms with E-state index in [4.69, 9.17) is 16.3 Å². The van der Waals surface area contributed by atoms with Crippen LogP contribution in [0.5, 0.6) is 5.75 Å². The van der Waals surface area contributed by atoms with Crippen LogP contribution >= 0.6 is 11.6 Å². The van der Waals surface area contributed by atoms with Gasteiger partial charge in [0.1, 0.15) is 11.6 Å². The zero-order chi connectivity index (χ0) is 24.3. The normalized spacial score (nSPS) is 14.6. The number of sulfonamides is 1. The van der Waals surface area contributed by atoms with Crippen LogP contribution in [0, 0.1) is 5.82 Å². The third kappa shape index (κ3) is 5.01. The number of halogens is 2. The Kier molecular flexibility index (Phi) is 7.06. The molecular formula is C24H23ClFN3O4S. The first kappa shape index (κ1) is 24.0. The highest BCUT2D eigenvalue weighted by Gasteiger charge is 2.30. The maximum atomic E-state index is 14.7. The molecule has 0 aromatic heterocycles. The number of rotatable bonds is 6. The predicted molar refractivity (Wildman–Crippen MR) is 130 cm³/mol. The van der Waals surface area contributed by atoms with Crippen molar-refractivity contribution in [3.63, 3.8) is 0 Å². The summed E-state index contributed by atoms with van der Waals surface area (Å²) in [6, 6.07) is 17.2. The van der Waals surface area contributed by atoms with Gasteiger partial charge >= 0.3 is 0 Å². The fourth-order valence-electron chi connectivity index (χ4n) is 3.76. The molecule has 0 spiro atoms. The second kappa shape index (κ2) is 10.0. The summed E-state index contributed by atoms with van der Waals surface area (Å²) in [5.41, 5.74) is 1.09. The number of hydrogen-bond acceptors (Lipinski definition) is 5. The summed E-state index contributed by atoms with van der Waals surface area (Å²) in [5, 5.41) is 2.93. The van der Waals surface area contributed by atoms with Gasteiger partial charge in [-0.1, -0.05) is 23.7 Å². The van der Waals surface area contributed by atoms with Crippen LogP contribution in [0.4, 0.5) is 15.8 Å². The van der Waals surface area contributed by atoms with Crippen molar-refractivity contribution in [3.8, 4) is 5.75 Å². The Hall–Kier alpha value is -3.14. The number of anilines is 2. The van der Waals surface area contributed by atoms with Gasteiger partial charge in [0.05, 0.1) is 23.4 Å². The highest BCUT2D eigenvalue weighted by atomic mass is 35.5. The Bertz CT molecular complexity index is 1290. The molecule has 178 valence electrons. The van der Waals surface area contributed by atoms with Crippen molar-refractivity contribution in [1.29, 1.82) is 0 Å². The number of para-hydroxylation sites is 2. The topological polar surface area (TPSA) is 79.0 Å². The molecule has 0 radical (unpaired) electrons. The molecule has 0 bridgehead atoms. The van der Waals surface area contributed by atoms with Gasteiger partial charge in [-0.25, -0.2) is 12.8 Å². The molecule has 4 rings (SSSR count). The summed E-state index contributed by atoms with van der Waals surface area (Å²) in [4.78, 5) is 14.2. The van der Waals surface area contributed by atoms with Gasteiger partial charge in [0.2, 0.25) is 10.0 Å². The number of methoxy groups -OCH3 is 1. The summed E-state index contributed by atoms with van der Waals surface area (Å²) in [5.74, 6) is -0.646. The third-order valence-corrected chi connectivity index (χ3v) is 7.74. The van der Waals surface area contributed by atoms with Gasteiger partial charge in [-0.15, -0.1) is 0 Å². The van der Waals surface area contributed by atoms with E-state index in [9.17, 15) is 17.6 Å². The predicted octanol–water partition coefficient (Wildman–Crippen LogP) is 4.25. The van der Waals surface area contributed by atoms with Gasteiger partial charge in [-0.05, 0) is 54.6 Å². The molecule has 1 fully saturated rings. The van der Waals surface area contributed by atoms with Crippen molar-refractivity contribution >= 4 is 38.9 Å². The largest absolute Gasteiger partial charge is 0.495 e. The Balaban J connectivity index is 1.45. The van der Waals surface area contributed by atoms with Gasteiger partial charge in [0.15, 0.2) is 0 Å². The van der Waals surface area contributed by atoms with Crippen molar-refractivity contribution in [3.05, 3.63) is 83.1 Å². The van der Waals surface area contributed by atoms with E-state index in [2.05, 4.69) is 10.2 Å². The average Bonchev–Trinajstić information content (AvgIpc) is 2.85. The van der Waals surface area contributed by atoms with E-state index in [1.165, 1.54) is 28.6 Å². The molecular weight excluding hydrogens is 481 g/mol. The van der Waals surface area contributed by atoms with Gasteiger partial charge in [0, 0.05) is 36.8 Å². The van der Waals surface area contributed by atoms with Crippen LogP contribution in [-0.4, -0.2) is 51.9 Å². The molecule has 0 unspecified atom stereocenters. The second-order valence-corrected chi connectivity index (χ2v) is 10.0. The quantitative estimate of drug-likeness (QED) is 0.544. The van der Waals surface area contributed by atoms with E-state index in [-0.39, 0.29) is 23.7 Å². The van der Waals surface area contributed by atoms with Gasteiger partial charge in [-0.3, -0.25) is 4.79 Å². The summed E-state index contributed by atoms with van der Waals surface area (Å²) in [6.45, 7) is 1.43. The molecule has 0 aliphatic carbocycles. The first-order chi connectivity index (χ1) is 16.3. The smallest absolute Gasteiger partial charge is 0.255 e. The van der Waals surface area contributed by atoms with Crippen LogP contribution in [0.15, 0.2) is 71.6 Å². The summed E-state index contributed by atoms with van der Waals surface area (Å²) in [7, 11) is -2.31. The van der Waals surface area contributed by atoms with Crippen molar-refractivity contribution < 1.29 is 22.3 Å². The van der Waals surface area contributed by atoms with E-state index in [0.717, 1.165) is 17.5 Å². The van der Waals surface area contributed by atoms with Crippen LogP contribution in [0.25, 0.3) is 0 Å². The molecule has 0 atom stereocenters. The zero-order valence-electron chi connectivity index (χ0n) is 18.4. The molecule has 1 amide bonds. The Morgan fingerprint density at radius 2 is 1.68 bits per heavy atom. The maximum absolute atomic E-state index is 14.7. The Morgan fingerprint density at radius 3 is 2.32 bits per heavy atom. The lowest BCUT2D eigenvalue weighted by molar-refractivity contribution is 0.102. The van der Waals surface area contributed by atoms with E-state index in [0.29, 0.717) is 23.7 Å². The molecule has 0 saturated carbocycles. The summed E-state index contributed by atoms with van der Waals surface area (Å²) >= 11 is 5.82. The minimum atomic E-state index is -3.90. The minimum Gasteiger partial charge on any atom is -0.495 e. The van der Waals surface area contributed by atoms with E-state index in [1.54, 1.807) is 19.2 Å². The first-order valence-electron chi connectivity index (χ1n) is 10.5. The SMILES string of the molecule is COc1ccccc1N1CCN(S(=O)(=O)c2ccc(NC(=O)c3ccc(Cl)cc3)c(F)c2)CC1. The van der Waals surface area contributed by atoms with E-state index >= 15 is 0 Å². The van der Waals surface area contributed by atoms with Gasteiger partial charge in [0.25, 0.3) is 5.91 Å². The van der Waals surface area contributed by atoms with Crippen molar-refractivity contribution in [2.45, 2.75) is 4.90 Å². The maximum Gasteiger partial charge on any atom is 0.255 e. The lowest BCUT2D eigenvalue weighted by Gasteiger charge is -2.35. The highest BCUT2D eigenvalue weighted by Crippen LogP contribution is 2.30. The lowest BCUT2D eigenvalue weighted by Crippen LogP contribution is -2.48. The monoisotopic (exact) mass is 503 g/mol. The molecule has 10 heteroatoms. The Morgan fingerprint density at radius 1 is 1.00 bits per heavy atom. The number of nitrogens with one attached hydrogen (secondary N) is 1. The fraction of sp³-hybridized carbons (Fsp3) is 0.208. The summed E-state index contributed by atoms with van der Waals surface area (Å²) < 4.78 is 47.7. The third-order valence-electron chi connectivity index (χ3n) is 5.60. The van der Waals surface area contributed by atoms with Crippen LogP contribution in [0.2, 0.25) is 5.02 Å². The average molecular weight is 504 g/mol. The number of ether oxygens (including phenoxy) is 1. The van der Waals surface area contributed by atoms with Crippen molar-refractivity contribution in [2.24, 2.45) is 0 Å². The number of nitrogens with zero attached hydrogens (tertiary/aromatic N) is 2. The van der Waals surface area contributed by atoms with Crippen LogP contribution in [-0.2, 0) is 10.0 Å². The van der Waals surface area contributed by atoms with Crippen LogP contribution < -0.4 is 15.0 Å². The molecule has 7 nitrogen and oxygen atoms in total. The highest BCUT2D eigenvalue weighted by molar-refractivity contribution is 7.89. The van der Waals surface area contributed by atoms with E-state index < -0.39 is 21.7 Å². The number of amides is 1. The first-order valence-corrected chi connectivity index (χ1v) is 12.4. The van der Waals surface area contributed by atoms with E-state index in [1.807, 2.05) is 24.3 Å². The molecule has 1 N–H and O–H groups in total. The molecule has 3 aromatic carbocycles. The van der Waals surface area contributed by atoms with Gasteiger partial charge in [-0.2, -0.15) is 4.31 Å². The molecule has 1 aliphatic rings. The standard InChI is InChI=1S/C24H23ClFN3O4S/c1-33-23-5-3-2-4-22(23)28-12-14-29(15-13-28)34(31,32)19-10-11-21(20(26)16-19)27-24(30)17-6-8-18(25)9-7-17/h2-11,16H,12-15H2,1H3,(H,27,30). The van der Waals surface area contributed by atoms with Crippen LogP contribution in [0.3, 0.4) is 0 Å². The lowest BCUT2D eigenvalue weighted by atomic mass is 10.2. The number of hydrogen-bond donors (Lipinski definition) is 1. The fourth-order valence-corrected chi connectivity index (χ4v) is 5.32. The van der Waals surface area contributed by atoms with Crippen molar-refractivity contribution in [2.75, 3.05) is 43.5 Å². The van der Waals surface area contributed by atoms with Gasteiger partial charge < -0.3 is 15.0 Å². The number of carbonyl (C=O) groups is 1. The Labute approximate surface area is 202 Å². The number of benzene rings is 3. The molecule has 34 heavy (non-hydrogen) atoms.